The molecule has 35 heavy (non-hydrogen) atoms. The minimum absolute atomic E-state index is 0.0202. The molecular formula is C27H30N4O4. The molecule has 0 saturated carbocycles. The van der Waals surface area contributed by atoms with Crippen molar-refractivity contribution in [3.8, 4) is 17.0 Å². The zero-order chi connectivity index (χ0) is 24.4. The zero-order valence-electron chi connectivity index (χ0n) is 20.1. The van der Waals surface area contributed by atoms with E-state index in [4.69, 9.17) is 9.47 Å². The van der Waals surface area contributed by atoms with Gasteiger partial charge in [0.15, 0.2) is 5.82 Å². The fraction of sp³-hybridized carbons (Fsp3) is 0.370. The van der Waals surface area contributed by atoms with Gasteiger partial charge in [-0.3, -0.25) is 0 Å². The van der Waals surface area contributed by atoms with Gasteiger partial charge in [-0.15, -0.1) is 10.2 Å². The van der Waals surface area contributed by atoms with Crippen LogP contribution in [0.15, 0.2) is 54.6 Å². The van der Waals surface area contributed by atoms with Crippen molar-refractivity contribution >= 4 is 11.9 Å². The third-order valence-corrected chi connectivity index (χ3v) is 6.71. The Labute approximate surface area is 205 Å². The zero-order valence-corrected chi connectivity index (χ0v) is 20.1. The van der Waals surface area contributed by atoms with Crippen molar-refractivity contribution in [3.05, 3.63) is 71.3 Å². The standard InChI is InChI=1S/C27H30N4O4/c1-18-14-19(2)26(23(32)15-18)21-8-9-25(29-28-21)31-12-13-34-24-10-11-30(16-22(24)31)27(33)35-17-20-6-4-3-5-7-20/h3-9,14-15,22,24,32H,10-13,16-17H2,1-2H3. The summed E-state index contributed by atoms with van der Waals surface area (Å²) in [6.45, 7) is 6.52. The summed E-state index contributed by atoms with van der Waals surface area (Å²) in [6.07, 6.45) is 0.445. The molecule has 2 aromatic carbocycles. The number of aromatic hydroxyl groups is 1. The third-order valence-electron chi connectivity index (χ3n) is 6.71. The first-order valence-electron chi connectivity index (χ1n) is 12.0. The molecule has 0 radical (unpaired) electrons. The molecule has 1 aromatic heterocycles. The molecule has 182 valence electrons. The van der Waals surface area contributed by atoms with E-state index in [1.54, 1.807) is 11.0 Å². The van der Waals surface area contributed by atoms with Gasteiger partial charge in [0.2, 0.25) is 0 Å². The molecular weight excluding hydrogens is 444 g/mol. The highest BCUT2D eigenvalue weighted by Gasteiger charge is 2.39. The summed E-state index contributed by atoms with van der Waals surface area (Å²) < 4.78 is 11.6. The molecule has 1 N–H and O–H groups in total. The number of likely N-dealkylation sites (tertiary alicyclic amines) is 1. The molecule has 2 aliphatic rings. The number of ether oxygens (including phenoxy) is 2. The Balaban J connectivity index is 1.30. The number of fused-ring (bicyclic) bond motifs is 1. The minimum atomic E-state index is -0.315. The Morgan fingerprint density at radius 1 is 1.11 bits per heavy atom. The second-order valence-electron chi connectivity index (χ2n) is 9.20. The summed E-state index contributed by atoms with van der Waals surface area (Å²) in [5.41, 5.74) is 4.23. The number of phenols is 1. The van der Waals surface area contributed by atoms with Crippen molar-refractivity contribution in [2.24, 2.45) is 0 Å². The van der Waals surface area contributed by atoms with Crippen LogP contribution in [0.2, 0.25) is 0 Å². The second-order valence-corrected chi connectivity index (χ2v) is 9.20. The second kappa shape index (κ2) is 9.92. The van der Waals surface area contributed by atoms with Crippen LogP contribution in [-0.4, -0.2) is 64.7 Å². The fourth-order valence-corrected chi connectivity index (χ4v) is 5.02. The molecule has 3 heterocycles. The lowest BCUT2D eigenvalue weighted by atomic mass is 9.98. The Morgan fingerprint density at radius 2 is 1.94 bits per heavy atom. The molecule has 0 bridgehead atoms. The normalized spacial score (nSPS) is 19.8. The third kappa shape index (κ3) is 4.93. The van der Waals surface area contributed by atoms with Gasteiger partial charge >= 0.3 is 6.09 Å². The minimum Gasteiger partial charge on any atom is -0.507 e. The highest BCUT2D eigenvalue weighted by molar-refractivity contribution is 5.71. The predicted molar refractivity (Wildman–Crippen MR) is 132 cm³/mol. The molecule has 0 aliphatic carbocycles. The smallest absolute Gasteiger partial charge is 0.410 e. The molecule has 0 spiro atoms. The van der Waals surface area contributed by atoms with Crippen LogP contribution in [0.25, 0.3) is 11.3 Å². The van der Waals surface area contributed by atoms with Gasteiger partial charge in [-0.2, -0.15) is 0 Å². The number of amides is 1. The van der Waals surface area contributed by atoms with E-state index in [0.717, 1.165) is 28.9 Å². The van der Waals surface area contributed by atoms with Gasteiger partial charge < -0.3 is 24.4 Å². The Bertz CT molecular complexity index is 1160. The van der Waals surface area contributed by atoms with Gasteiger partial charge in [-0.25, -0.2) is 4.79 Å². The first-order valence-corrected chi connectivity index (χ1v) is 12.0. The van der Waals surface area contributed by atoms with Gasteiger partial charge in [-0.1, -0.05) is 36.4 Å². The highest BCUT2D eigenvalue weighted by atomic mass is 16.6. The Kier molecular flexibility index (Phi) is 6.55. The van der Waals surface area contributed by atoms with E-state index >= 15 is 0 Å². The largest absolute Gasteiger partial charge is 0.507 e. The van der Waals surface area contributed by atoms with Gasteiger partial charge in [0.25, 0.3) is 0 Å². The lowest BCUT2D eigenvalue weighted by Gasteiger charge is -2.47. The molecule has 2 saturated heterocycles. The first-order chi connectivity index (χ1) is 17.0. The summed E-state index contributed by atoms with van der Waals surface area (Å²) in [4.78, 5) is 16.7. The number of hydrogen-bond acceptors (Lipinski definition) is 7. The number of nitrogens with zero attached hydrogens (tertiary/aromatic N) is 4. The van der Waals surface area contributed by atoms with Crippen LogP contribution in [0.3, 0.4) is 0 Å². The summed E-state index contributed by atoms with van der Waals surface area (Å²) in [5.74, 6) is 0.934. The lowest BCUT2D eigenvalue weighted by molar-refractivity contribution is -0.0287. The monoisotopic (exact) mass is 474 g/mol. The molecule has 3 aromatic rings. The number of piperidine rings is 1. The van der Waals surface area contributed by atoms with Crippen LogP contribution >= 0.6 is 0 Å². The average Bonchev–Trinajstić information content (AvgIpc) is 2.87. The van der Waals surface area contributed by atoms with Crippen molar-refractivity contribution < 1.29 is 19.4 Å². The maximum atomic E-state index is 12.8. The number of carbonyl (C=O) groups excluding carboxylic acids is 1. The highest BCUT2D eigenvalue weighted by Crippen LogP contribution is 2.33. The molecule has 8 heteroatoms. The van der Waals surface area contributed by atoms with Crippen molar-refractivity contribution in [1.29, 1.82) is 0 Å². The molecule has 2 unspecified atom stereocenters. The first kappa shape index (κ1) is 23.1. The number of anilines is 1. The number of hydrogen-bond donors (Lipinski definition) is 1. The van der Waals surface area contributed by atoms with Gasteiger partial charge in [0, 0.05) is 25.2 Å². The number of aryl methyl sites for hydroxylation is 2. The van der Waals surface area contributed by atoms with E-state index in [0.29, 0.717) is 37.5 Å². The molecule has 5 rings (SSSR count). The number of rotatable bonds is 4. The van der Waals surface area contributed by atoms with Crippen molar-refractivity contribution in [3.63, 3.8) is 0 Å². The van der Waals surface area contributed by atoms with E-state index in [1.807, 2.05) is 62.4 Å². The van der Waals surface area contributed by atoms with Gasteiger partial charge in [-0.05, 0) is 55.2 Å². The van der Waals surface area contributed by atoms with E-state index in [2.05, 4.69) is 15.1 Å². The Morgan fingerprint density at radius 3 is 2.69 bits per heavy atom. The summed E-state index contributed by atoms with van der Waals surface area (Å²) >= 11 is 0. The summed E-state index contributed by atoms with van der Waals surface area (Å²) in [6, 6.07) is 17.2. The van der Waals surface area contributed by atoms with E-state index < -0.39 is 0 Å². The lowest BCUT2D eigenvalue weighted by Crippen LogP contribution is -2.61. The molecule has 2 atom stereocenters. The van der Waals surface area contributed by atoms with Crippen molar-refractivity contribution in [2.45, 2.75) is 39.0 Å². The Hall–Kier alpha value is -3.65. The number of phenolic OH excluding ortho intramolecular Hbond substituents is 1. The van der Waals surface area contributed by atoms with Crippen LogP contribution < -0.4 is 4.90 Å². The molecule has 1 amide bonds. The number of aromatic nitrogens is 2. The van der Waals surface area contributed by atoms with Crippen LogP contribution in [0.1, 0.15) is 23.1 Å². The van der Waals surface area contributed by atoms with E-state index in [-0.39, 0.29) is 30.6 Å². The quantitative estimate of drug-likeness (QED) is 0.610. The maximum Gasteiger partial charge on any atom is 0.410 e. The van der Waals surface area contributed by atoms with Crippen LogP contribution in [0, 0.1) is 13.8 Å². The molecule has 2 aliphatic heterocycles. The molecule has 2 fully saturated rings. The van der Waals surface area contributed by atoms with Crippen LogP contribution in [-0.2, 0) is 16.1 Å². The summed E-state index contributed by atoms with van der Waals surface area (Å²) in [5, 5.41) is 19.4. The van der Waals surface area contributed by atoms with E-state index in [1.165, 1.54) is 0 Å². The SMILES string of the molecule is Cc1cc(C)c(-c2ccc(N3CCOC4CCN(C(=O)OCc5ccccc5)CC43)nn2)c(O)c1. The van der Waals surface area contributed by atoms with Crippen LogP contribution in [0.5, 0.6) is 5.75 Å². The van der Waals surface area contributed by atoms with Crippen molar-refractivity contribution in [1.82, 2.24) is 15.1 Å². The van der Waals surface area contributed by atoms with Crippen LogP contribution in [0.4, 0.5) is 10.6 Å². The summed E-state index contributed by atoms with van der Waals surface area (Å²) in [7, 11) is 0. The fourth-order valence-electron chi connectivity index (χ4n) is 5.02. The maximum absolute atomic E-state index is 12.8. The van der Waals surface area contributed by atoms with Crippen molar-refractivity contribution in [2.75, 3.05) is 31.1 Å². The molecule has 8 nitrogen and oxygen atoms in total. The predicted octanol–water partition coefficient (Wildman–Crippen LogP) is 4.08. The average molecular weight is 475 g/mol. The van der Waals surface area contributed by atoms with Gasteiger partial charge in [0.05, 0.1) is 24.4 Å². The van der Waals surface area contributed by atoms with E-state index in [9.17, 15) is 9.90 Å². The van der Waals surface area contributed by atoms with Gasteiger partial charge in [0.1, 0.15) is 12.4 Å². The number of carbonyl (C=O) groups is 1. The topological polar surface area (TPSA) is 88.0 Å². The number of morpholine rings is 1. The number of benzene rings is 2.